The predicted molar refractivity (Wildman–Crippen MR) is 218 cm³/mol. The molecule has 0 bridgehead atoms. The first-order valence-electron chi connectivity index (χ1n) is 17.6. The first-order valence-corrected chi connectivity index (χ1v) is 17.6. The van der Waals surface area contributed by atoms with Gasteiger partial charge in [0.2, 0.25) is 0 Å². The Morgan fingerprint density at radius 1 is 0.481 bits per heavy atom. The lowest BCUT2D eigenvalue weighted by Gasteiger charge is -2.12. The summed E-state index contributed by atoms with van der Waals surface area (Å²) in [7, 11) is 0. The van der Waals surface area contributed by atoms with Crippen LogP contribution in [0.25, 0.3) is 94.4 Å². The fraction of sp³-hybridized carbons (Fsp3) is 0.0204. The van der Waals surface area contributed by atoms with Crippen molar-refractivity contribution in [2.45, 2.75) is 6.92 Å². The molecule has 3 heterocycles. The number of hydrogen-bond acceptors (Lipinski definition) is 1. The van der Waals surface area contributed by atoms with Crippen LogP contribution in [0.2, 0.25) is 0 Å². The Hall–Kier alpha value is -7.02. The Morgan fingerprint density at radius 2 is 1.02 bits per heavy atom. The van der Waals surface area contributed by atoms with Gasteiger partial charge in [0.1, 0.15) is 11.2 Å². The summed E-state index contributed by atoms with van der Waals surface area (Å²) in [5.74, 6) is 2.65. The van der Waals surface area contributed by atoms with Crippen LogP contribution in [0.3, 0.4) is 0 Å². The highest BCUT2D eigenvalue weighted by Crippen LogP contribution is 2.38. The number of aromatic nitrogens is 2. The van der Waals surface area contributed by atoms with Crippen LogP contribution in [0.4, 0.5) is 0 Å². The summed E-state index contributed by atoms with van der Waals surface area (Å²) in [6.07, 6.45) is 9.39. The summed E-state index contributed by atoms with van der Waals surface area (Å²) < 4.78 is 11.1. The molecular formula is C49H32N2O. The van der Waals surface area contributed by atoms with Gasteiger partial charge in [-0.25, -0.2) is 0 Å². The molecule has 0 unspecified atom stereocenters. The molecule has 0 aliphatic carbocycles. The molecule has 0 atom stereocenters. The van der Waals surface area contributed by atoms with E-state index < -0.39 is 0 Å². The molecule has 0 aliphatic heterocycles. The molecule has 0 aliphatic rings. The molecule has 10 rings (SSSR count). The van der Waals surface area contributed by atoms with Crippen molar-refractivity contribution in [1.29, 1.82) is 0 Å². The molecule has 7 aromatic carbocycles. The van der Waals surface area contributed by atoms with E-state index in [-0.39, 0.29) is 0 Å². The number of hydrogen-bond donors (Lipinski definition) is 0. The maximum atomic E-state index is 6.38. The smallest absolute Gasteiger partial charge is 0.135 e. The molecule has 244 valence electrons. The topological polar surface area (TPSA) is 23.0 Å². The van der Waals surface area contributed by atoms with Crippen molar-refractivity contribution in [3.05, 3.63) is 175 Å². The van der Waals surface area contributed by atoms with Gasteiger partial charge in [0.15, 0.2) is 0 Å². The van der Waals surface area contributed by atoms with Crippen LogP contribution in [0.15, 0.2) is 168 Å². The molecule has 0 N–H and O–H groups in total. The summed E-state index contributed by atoms with van der Waals surface area (Å²) in [5.41, 5.74) is 14.4. The third-order valence-electron chi connectivity index (χ3n) is 10.4. The SMILES string of the molecule is C#C/C=C\c1c(C)n(-c2cccc(-c3cccc(-c4ccc5oc6ccc(-n7c8ccccc8c8ccccc87)cc6c5c4)c3)c2)c2ccccc12. The first kappa shape index (κ1) is 29.9. The van der Waals surface area contributed by atoms with Gasteiger partial charge in [0, 0.05) is 49.6 Å². The lowest BCUT2D eigenvalue weighted by molar-refractivity contribution is 0.669. The molecule has 3 aromatic heterocycles. The predicted octanol–water partition coefficient (Wildman–Crippen LogP) is 12.9. The van der Waals surface area contributed by atoms with E-state index in [1.54, 1.807) is 6.08 Å². The summed E-state index contributed by atoms with van der Waals surface area (Å²) in [5, 5.41) is 5.89. The van der Waals surface area contributed by atoms with E-state index in [0.29, 0.717) is 0 Å². The standard InChI is InChI=1S/C49H32N2O/c1-3-4-17-39-32(2)50(45-21-8-5-18-40(39)45)37-16-12-15-35(29-37)33-13-11-14-34(28-33)36-24-26-48-43(30-36)44-31-38(25-27-49(44)52-48)51-46-22-9-6-19-41(46)42-20-7-10-23-47(42)51/h1,4-31H,2H3/b17-4-. The molecular weight excluding hydrogens is 633 g/mol. The van der Waals surface area contributed by atoms with Gasteiger partial charge in [-0.1, -0.05) is 96.9 Å². The lowest BCUT2D eigenvalue weighted by Crippen LogP contribution is -1.97. The second-order valence-electron chi connectivity index (χ2n) is 13.3. The minimum absolute atomic E-state index is 0.882. The van der Waals surface area contributed by atoms with Crippen LogP contribution >= 0.6 is 0 Å². The molecule has 0 saturated carbocycles. The minimum atomic E-state index is 0.882. The third kappa shape index (κ3) is 4.62. The zero-order valence-corrected chi connectivity index (χ0v) is 28.5. The summed E-state index contributed by atoms with van der Waals surface area (Å²) >= 11 is 0. The van der Waals surface area contributed by atoms with Gasteiger partial charge in [0.25, 0.3) is 0 Å². The van der Waals surface area contributed by atoms with E-state index in [1.165, 1.54) is 27.2 Å². The second kappa shape index (κ2) is 11.8. The van der Waals surface area contributed by atoms with E-state index in [1.807, 2.05) is 6.08 Å². The van der Waals surface area contributed by atoms with Gasteiger partial charge in [-0.05, 0) is 108 Å². The zero-order valence-electron chi connectivity index (χ0n) is 28.5. The maximum absolute atomic E-state index is 6.38. The van der Waals surface area contributed by atoms with Gasteiger partial charge in [-0.2, -0.15) is 0 Å². The molecule has 0 amide bonds. The molecule has 10 aromatic rings. The van der Waals surface area contributed by atoms with E-state index >= 15 is 0 Å². The zero-order chi connectivity index (χ0) is 34.8. The van der Waals surface area contributed by atoms with E-state index in [4.69, 9.17) is 10.8 Å². The van der Waals surface area contributed by atoms with Crippen molar-refractivity contribution >= 4 is 60.7 Å². The van der Waals surface area contributed by atoms with Crippen LogP contribution in [-0.2, 0) is 0 Å². The quantitative estimate of drug-likeness (QED) is 0.168. The van der Waals surface area contributed by atoms with Crippen molar-refractivity contribution < 1.29 is 4.42 Å². The van der Waals surface area contributed by atoms with Crippen molar-refractivity contribution in [2.75, 3.05) is 0 Å². The highest BCUT2D eigenvalue weighted by atomic mass is 16.3. The van der Waals surface area contributed by atoms with E-state index in [2.05, 4.69) is 180 Å². The van der Waals surface area contributed by atoms with E-state index in [9.17, 15) is 0 Å². The molecule has 0 radical (unpaired) electrons. The fourth-order valence-electron chi connectivity index (χ4n) is 8.05. The van der Waals surface area contributed by atoms with Crippen molar-refractivity contribution in [2.24, 2.45) is 0 Å². The average molecular weight is 665 g/mol. The van der Waals surface area contributed by atoms with Gasteiger partial charge in [0.05, 0.1) is 16.6 Å². The van der Waals surface area contributed by atoms with Crippen LogP contribution < -0.4 is 0 Å². The average Bonchev–Trinajstić information content (AvgIpc) is 3.83. The molecule has 0 saturated heterocycles. The van der Waals surface area contributed by atoms with Gasteiger partial charge >= 0.3 is 0 Å². The Bertz CT molecular complexity index is 3050. The number of benzene rings is 7. The molecule has 0 spiro atoms. The Labute approximate surface area is 301 Å². The van der Waals surface area contributed by atoms with Crippen LogP contribution in [0, 0.1) is 19.3 Å². The highest BCUT2D eigenvalue weighted by molar-refractivity contribution is 6.11. The number of allylic oxidation sites excluding steroid dienone is 1. The normalized spacial score (nSPS) is 11.8. The monoisotopic (exact) mass is 664 g/mol. The number of nitrogens with zero attached hydrogens (tertiary/aromatic N) is 2. The number of fused-ring (bicyclic) bond motifs is 7. The Morgan fingerprint density at radius 3 is 1.71 bits per heavy atom. The largest absolute Gasteiger partial charge is 0.456 e. The Balaban J connectivity index is 1.06. The number of para-hydroxylation sites is 3. The number of rotatable bonds is 5. The summed E-state index contributed by atoms with van der Waals surface area (Å²) in [6, 6.07) is 56.4. The van der Waals surface area contributed by atoms with Crippen LogP contribution in [-0.4, -0.2) is 9.13 Å². The van der Waals surface area contributed by atoms with Crippen LogP contribution in [0.1, 0.15) is 11.3 Å². The summed E-state index contributed by atoms with van der Waals surface area (Å²) in [6.45, 7) is 2.16. The Kier molecular flexibility index (Phi) is 6.77. The molecule has 3 nitrogen and oxygen atoms in total. The fourth-order valence-corrected chi connectivity index (χ4v) is 8.05. The highest BCUT2D eigenvalue weighted by Gasteiger charge is 2.16. The maximum Gasteiger partial charge on any atom is 0.135 e. The van der Waals surface area contributed by atoms with Crippen molar-refractivity contribution in [1.82, 2.24) is 9.13 Å². The summed E-state index contributed by atoms with van der Waals surface area (Å²) in [4.78, 5) is 0. The van der Waals surface area contributed by atoms with E-state index in [0.717, 1.165) is 72.3 Å². The number of furan rings is 1. The van der Waals surface area contributed by atoms with Crippen molar-refractivity contribution in [3.63, 3.8) is 0 Å². The van der Waals surface area contributed by atoms with Gasteiger partial charge < -0.3 is 13.6 Å². The number of terminal acetylenes is 1. The van der Waals surface area contributed by atoms with Gasteiger partial charge in [-0.3, -0.25) is 0 Å². The minimum Gasteiger partial charge on any atom is -0.456 e. The van der Waals surface area contributed by atoms with Crippen molar-refractivity contribution in [3.8, 4) is 46.0 Å². The first-order chi connectivity index (χ1) is 25.7. The second-order valence-corrected chi connectivity index (χ2v) is 13.3. The van der Waals surface area contributed by atoms with Crippen LogP contribution in [0.5, 0.6) is 0 Å². The molecule has 52 heavy (non-hydrogen) atoms. The third-order valence-corrected chi connectivity index (χ3v) is 10.4. The van der Waals surface area contributed by atoms with Gasteiger partial charge in [-0.15, -0.1) is 6.42 Å². The molecule has 3 heteroatoms. The molecule has 0 fully saturated rings. The lowest BCUT2D eigenvalue weighted by atomic mass is 9.97.